The lowest BCUT2D eigenvalue weighted by molar-refractivity contribution is -0.124. The van der Waals surface area contributed by atoms with Gasteiger partial charge in [-0.1, -0.05) is 25.0 Å². The van der Waals surface area contributed by atoms with Crippen molar-refractivity contribution in [2.45, 2.75) is 50.5 Å². The fourth-order valence-electron chi connectivity index (χ4n) is 3.87. The van der Waals surface area contributed by atoms with E-state index in [9.17, 15) is 4.79 Å². The molecule has 1 saturated carbocycles. The highest BCUT2D eigenvalue weighted by molar-refractivity contribution is 5.84. The molecule has 2 fully saturated rings. The van der Waals surface area contributed by atoms with Crippen molar-refractivity contribution in [2.24, 2.45) is 5.92 Å². The Kier molecular flexibility index (Phi) is 5.55. The van der Waals surface area contributed by atoms with Crippen molar-refractivity contribution >= 4 is 5.91 Å². The van der Waals surface area contributed by atoms with Crippen LogP contribution in [0.4, 0.5) is 0 Å². The number of rotatable bonds is 6. The zero-order chi connectivity index (χ0) is 16.1. The largest absolute Gasteiger partial charge is 0.497 e. The SMILES string of the molecule is COc1ccc(C(C(=O)NCC2CCCO2)C2CCCC2)cc1. The first-order valence-corrected chi connectivity index (χ1v) is 8.81. The van der Waals surface area contributed by atoms with Gasteiger partial charge in [0.1, 0.15) is 5.75 Å². The number of benzene rings is 1. The van der Waals surface area contributed by atoms with E-state index in [0.29, 0.717) is 12.5 Å². The van der Waals surface area contributed by atoms with E-state index in [1.165, 1.54) is 12.8 Å². The van der Waals surface area contributed by atoms with Gasteiger partial charge in [0, 0.05) is 13.2 Å². The van der Waals surface area contributed by atoms with Gasteiger partial charge in [-0.3, -0.25) is 4.79 Å². The highest BCUT2D eigenvalue weighted by atomic mass is 16.5. The molecule has 0 spiro atoms. The third-order valence-electron chi connectivity index (χ3n) is 5.16. The van der Waals surface area contributed by atoms with Crippen LogP contribution in [0.2, 0.25) is 0 Å². The molecule has 1 aromatic rings. The van der Waals surface area contributed by atoms with E-state index in [0.717, 1.165) is 43.6 Å². The normalized spacial score (nSPS) is 22.9. The number of hydrogen-bond donors (Lipinski definition) is 1. The molecule has 3 rings (SSSR count). The highest BCUT2D eigenvalue weighted by Gasteiger charge is 2.32. The van der Waals surface area contributed by atoms with E-state index in [1.54, 1.807) is 7.11 Å². The maximum absolute atomic E-state index is 12.8. The van der Waals surface area contributed by atoms with Gasteiger partial charge >= 0.3 is 0 Å². The number of carbonyl (C=O) groups excluding carboxylic acids is 1. The van der Waals surface area contributed by atoms with Crippen LogP contribution in [0.25, 0.3) is 0 Å². The van der Waals surface area contributed by atoms with Gasteiger partial charge in [-0.05, 0) is 49.3 Å². The molecular formula is C19H27NO3. The van der Waals surface area contributed by atoms with Gasteiger partial charge in [0.2, 0.25) is 5.91 Å². The Morgan fingerprint density at radius 1 is 1.22 bits per heavy atom. The molecule has 4 nitrogen and oxygen atoms in total. The second kappa shape index (κ2) is 7.82. The summed E-state index contributed by atoms with van der Waals surface area (Å²) in [5.41, 5.74) is 1.10. The zero-order valence-corrected chi connectivity index (χ0v) is 13.9. The molecule has 2 atom stereocenters. The number of hydrogen-bond acceptors (Lipinski definition) is 3. The Bertz CT molecular complexity index is 502. The summed E-state index contributed by atoms with van der Waals surface area (Å²) in [6.45, 7) is 1.46. The number of amides is 1. The van der Waals surface area contributed by atoms with Gasteiger partial charge in [-0.15, -0.1) is 0 Å². The van der Waals surface area contributed by atoms with E-state index in [4.69, 9.17) is 9.47 Å². The second-order valence-electron chi connectivity index (χ2n) is 6.68. The molecule has 1 saturated heterocycles. The molecule has 2 unspecified atom stereocenters. The van der Waals surface area contributed by atoms with Crippen LogP contribution in [0.3, 0.4) is 0 Å². The van der Waals surface area contributed by atoms with E-state index in [1.807, 2.05) is 24.3 Å². The average Bonchev–Trinajstić information content (AvgIpc) is 3.28. The molecule has 126 valence electrons. The Labute approximate surface area is 138 Å². The Morgan fingerprint density at radius 2 is 1.96 bits per heavy atom. The number of methoxy groups -OCH3 is 1. The summed E-state index contributed by atoms with van der Waals surface area (Å²) in [5.74, 6) is 1.38. The molecule has 23 heavy (non-hydrogen) atoms. The minimum absolute atomic E-state index is 0.0511. The molecule has 1 amide bonds. The first-order chi connectivity index (χ1) is 11.3. The summed E-state index contributed by atoms with van der Waals surface area (Å²) < 4.78 is 10.8. The first kappa shape index (κ1) is 16.3. The quantitative estimate of drug-likeness (QED) is 0.876. The monoisotopic (exact) mass is 317 g/mol. The molecule has 1 aliphatic heterocycles. The van der Waals surface area contributed by atoms with Crippen molar-refractivity contribution in [2.75, 3.05) is 20.3 Å². The van der Waals surface area contributed by atoms with Crippen LogP contribution < -0.4 is 10.1 Å². The highest BCUT2D eigenvalue weighted by Crippen LogP contribution is 2.38. The second-order valence-corrected chi connectivity index (χ2v) is 6.68. The fraction of sp³-hybridized carbons (Fsp3) is 0.632. The molecule has 1 N–H and O–H groups in total. The lowest BCUT2D eigenvalue weighted by atomic mass is 9.84. The lowest BCUT2D eigenvalue weighted by Gasteiger charge is -2.24. The molecule has 0 radical (unpaired) electrons. The van der Waals surface area contributed by atoms with Gasteiger partial charge in [0.25, 0.3) is 0 Å². The van der Waals surface area contributed by atoms with Crippen molar-refractivity contribution in [1.82, 2.24) is 5.32 Å². The molecule has 2 aliphatic rings. The molecular weight excluding hydrogens is 290 g/mol. The van der Waals surface area contributed by atoms with Crippen LogP contribution in [0.1, 0.15) is 50.0 Å². The van der Waals surface area contributed by atoms with E-state index in [-0.39, 0.29) is 17.9 Å². The average molecular weight is 317 g/mol. The third-order valence-corrected chi connectivity index (χ3v) is 5.16. The summed E-state index contributed by atoms with van der Waals surface area (Å²) in [4.78, 5) is 12.8. The predicted octanol–water partition coefficient (Wildman–Crippen LogP) is 3.26. The standard InChI is InChI=1S/C19H27NO3/c1-22-16-10-8-15(9-11-16)18(14-5-2-3-6-14)19(21)20-13-17-7-4-12-23-17/h8-11,14,17-18H,2-7,12-13H2,1H3,(H,20,21). The molecule has 1 heterocycles. The summed E-state index contributed by atoms with van der Waals surface area (Å²) in [7, 11) is 1.66. The topological polar surface area (TPSA) is 47.6 Å². The van der Waals surface area contributed by atoms with Gasteiger partial charge in [0.15, 0.2) is 0 Å². The molecule has 1 aliphatic carbocycles. The lowest BCUT2D eigenvalue weighted by Crippen LogP contribution is -2.37. The minimum atomic E-state index is -0.0511. The predicted molar refractivity (Wildman–Crippen MR) is 89.7 cm³/mol. The summed E-state index contributed by atoms with van der Waals surface area (Å²) in [6, 6.07) is 7.97. The van der Waals surface area contributed by atoms with E-state index in [2.05, 4.69) is 5.32 Å². The van der Waals surface area contributed by atoms with Crippen molar-refractivity contribution in [1.29, 1.82) is 0 Å². The smallest absolute Gasteiger partial charge is 0.227 e. The Morgan fingerprint density at radius 3 is 2.57 bits per heavy atom. The van der Waals surface area contributed by atoms with Gasteiger partial charge in [0.05, 0.1) is 19.1 Å². The van der Waals surface area contributed by atoms with Crippen molar-refractivity contribution in [3.05, 3.63) is 29.8 Å². The third kappa shape index (κ3) is 4.05. The van der Waals surface area contributed by atoms with Gasteiger partial charge < -0.3 is 14.8 Å². The summed E-state index contributed by atoms with van der Waals surface area (Å²) >= 11 is 0. The number of nitrogens with one attached hydrogen (secondary N) is 1. The molecule has 4 heteroatoms. The molecule has 0 aromatic heterocycles. The van der Waals surface area contributed by atoms with Crippen LogP contribution in [-0.2, 0) is 9.53 Å². The van der Waals surface area contributed by atoms with Crippen LogP contribution in [-0.4, -0.2) is 32.3 Å². The first-order valence-electron chi connectivity index (χ1n) is 8.81. The fourth-order valence-corrected chi connectivity index (χ4v) is 3.87. The van der Waals surface area contributed by atoms with Crippen molar-refractivity contribution < 1.29 is 14.3 Å². The molecule has 1 aromatic carbocycles. The van der Waals surface area contributed by atoms with Gasteiger partial charge in [-0.2, -0.15) is 0 Å². The Hall–Kier alpha value is -1.55. The summed E-state index contributed by atoms with van der Waals surface area (Å²) in [5, 5.41) is 3.13. The van der Waals surface area contributed by atoms with Crippen LogP contribution in [0, 0.1) is 5.92 Å². The number of ether oxygens (including phenoxy) is 2. The number of carbonyl (C=O) groups is 1. The van der Waals surface area contributed by atoms with Crippen LogP contribution in [0.15, 0.2) is 24.3 Å². The van der Waals surface area contributed by atoms with E-state index >= 15 is 0 Å². The van der Waals surface area contributed by atoms with E-state index < -0.39 is 0 Å². The maximum Gasteiger partial charge on any atom is 0.227 e. The summed E-state index contributed by atoms with van der Waals surface area (Å²) in [6.07, 6.45) is 7.10. The van der Waals surface area contributed by atoms with Gasteiger partial charge in [-0.25, -0.2) is 0 Å². The Balaban J connectivity index is 1.69. The zero-order valence-electron chi connectivity index (χ0n) is 13.9. The minimum Gasteiger partial charge on any atom is -0.497 e. The maximum atomic E-state index is 12.8. The van der Waals surface area contributed by atoms with Crippen LogP contribution >= 0.6 is 0 Å². The molecule has 0 bridgehead atoms. The van der Waals surface area contributed by atoms with Crippen LogP contribution in [0.5, 0.6) is 5.75 Å². The van der Waals surface area contributed by atoms with Crippen molar-refractivity contribution in [3.8, 4) is 5.75 Å². The van der Waals surface area contributed by atoms with Crippen molar-refractivity contribution in [3.63, 3.8) is 0 Å².